The first-order valence-corrected chi connectivity index (χ1v) is 44.4. The van der Waals surface area contributed by atoms with Crippen LogP contribution in [0.15, 0.2) is 273 Å². The Labute approximate surface area is 719 Å². The first kappa shape index (κ1) is 93.3. The van der Waals surface area contributed by atoms with E-state index in [4.69, 9.17) is 88.7 Å². The predicted octanol–water partition coefficient (Wildman–Crippen LogP) is 15.2. The number of rotatable bonds is 52. The molecule has 3 aliphatic rings. The molecule has 3 heterocycles. The van der Waals surface area contributed by atoms with Crippen LogP contribution in [0.1, 0.15) is 75.8 Å². The monoisotopic (exact) mass is 1720 g/mol. The van der Waals surface area contributed by atoms with Crippen LogP contribution in [0.2, 0.25) is 0 Å². The van der Waals surface area contributed by atoms with Crippen molar-refractivity contribution < 1.29 is 108 Å². The maximum Gasteiger partial charge on any atom is 0.475 e. The summed E-state index contributed by atoms with van der Waals surface area (Å²) in [6.07, 6.45) is -18.6. The fraction of sp³-hybridized carbons (Fsp3) is 0.400. The van der Waals surface area contributed by atoms with Crippen LogP contribution < -0.4 is 5.32 Å². The zero-order valence-electron chi connectivity index (χ0n) is 68.9. The number of aliphatic hydroxyl groups is 1. The smallest absolute Gasteiger partial charge is 0.387 e. The number of aliphatic hydroxyl groups excluding tert-OH is 1. The van der Waals surface area contributed by atoms with Gasteiger partial charge < -0.3 is 72.0 Å². The highest BCUT2D eigenvalue weighted by atomic mass is 31.2. The molecule has 0 aliphatic carbocycles. The van der Waals surface area contributed by atoms with Crippen molar-refractivity contribution in [1.29, 1.82) is 10.5 Å². The summed E-state index contributed by atoms with van der Waals surface area (Å²) in [5.74, 6) is -0.147. The van der Waals surface area contributed by atoms with Crippen LogP contribution in [0, 0.1) is 22.7 Å². The minimum absolute atomic E-state index is 0.00833. The van der Waals surface area contributed by atoms with E-state index in [-0.39, 0.29) is 118 Å². The second-order valence-corrected chi connectivity index (χ2v) is 32.9. The minimum atomic E-state index is -5.14. The summed E-state index contributed by atoms with van der Waals surface area (Å²) in [6, 6.07) is 89.0. The van der Waals surface area contributed by atoms with Gasteiger partial charge in [0.25, 0.3) is 0 Å². The van der Waals surface area contributed by atoms with E-state index in [1.165, 1.54) is 0 Å². The fourth-order valence-electron chi connectivity index (χ4n) is 14.3. The Morgan fingerprint density at radius 1 is 0.325 bits per heavy atom. The molecular weight excluding hydrogens is 1610 g/mol. The zero-order valence-corrected chi connectivity index (χ0v) is 70.7. The number of carbonyl (C=O) groups is 1. The van der Waals surface area contributed by atoms with E-state index in [1.807, 2.05) is 273 Å². The second-order valence-electron chi connectivity index (χ2n) is 29.7. The van der Waals surface area contributed by atoms with Crippen molar-refractivity contribution in [3.63, 3.8) is 0 Å². The van der Waals surface area contributed by atoms with Gasteiger partial charge in [0.05, 0.1) is 137 Å². The van der Waals surface area contributed by atoms with Crippen molar-refractivity contribution in [2.45, 2.75) is 177 Å². The van der Waals surface area contributed by atoms with E-state index < -0.39 is 134 Å². The average Bonchev–Trinajstić information content (AvgIpc) is 0.773. The Morgan fingerprint density at radius 2 is 0.577 bits per heavy atom. The SMILES string of the molecule is CNC(=O)CCCOC[C@@H]1O[C@H](COCc2ccccc2)C(OP(=O)(OCCC#N)OC[C@@H]2O[C@H](COCc3ccccc3)C(OP(=O)(OCCC#N)OC[C@@H]3O[C@H](COCc4ccccc4)C(O)C(OCc4ccccc4)C3OCc3ccccc3)C(OCc3ccccc3)C2OCc2ccccc2)C(OCc2ccccc2)C1OCc1ccccc1. The summed E-state index contributed by atoms with van der Waals surface area (Å²) in [5.41, 5.74) is 7.11. The van der Waals surface area contributed by atoms with Gasteiger partial charge in [0.15, 0.2) is 0 Å². The summed E-state index contributed by atoms with van der Waals surface area (Å²) >= 11 is 0. The topological polar surface area (TPSA) is 306 Å². The van der Waals surface area contributed by atoms with Gasteiger partial charge >= 0.3 is 15.6 Å². The third kappa shape index (κ3) is 30.2. The van der Waals surface area contributed by atoms with E-state index in [0.717, 1.165) is 38.9 Å². The van der Waals surface area contributed by atoms with Crippen molar-refractivity contribution in [3.8, 4) is 12.1 Å². The Hall–Kier alpha value is -8.91. The van der Waals surface area contributed by atoms with Gasteiger partial charge in [0.1, 0.15) is 91.6 Å². The van der Waals surface area contributed by atoms with Crippen LogP contribution in [0.25, 0.3) is 0 Å². The molecule has 26 nitrogen and oxygen atoms in total. The molecule has 12 rings (SSSR count). The quantitative estimate of drug-likeness (QED) is 0.0264. The Bertz CT molecular complexity index is 4640. The molecule has 11 unspecified atom stereocenters. The minimum Gasteiger partial charge on any atom is -0.387 e. The maximum absolute atomic E-state index is 16.7. The molecule has 0 saturated carbocycles. The molecule has 0 bridgehead atoms. The van der Waals surface area contributed by atoms with Crippen molar-refractivity contribution >= 4 is 21.6 Å². The molecule has 9 aromatic carbocycles. The number of nitrogens with zero attached hydrogens (tertiary/aromatic N) is 2. The summed E-state index contributed by atoms with van der Waals surface area (Å²) in [6.45, 7) is -2.49. The third-order valence-corrected chi connectivity index (χ3v) is 23.5. The van der Waals surface area contributed by atoms with E-state index in [0.29, 0.717) is 17.5 Å². The van der Waals surface area contributed by atoms with Gasteiger partial charge in [-0.05, 0) is 56.5 Å². The highest BCUT2D eigenvalue weighted by Crippen LogP contribution is 2.56. The molecule has 1 amide bonds. The molecular formula is C95H109N3O23P2. The van der Waals surface area contributed by atoms with Gasteiger partial charge in [0.2, 0.25) is 5.91 Å². The van der Waals surface area contributed by atoms with Crippen LogP contribution in [-0.4, -0.2) is 169 Å². The van der Waals surface area contributed by atoms with Gasteiger partial charge in [0, 0.05) is 20.1 Å². The molecule has 652 valence electrons. The van der Waals surface area contributed by atoms with Crippen molar-refractivity contribution in [3.05, 3.63) is 323 Å². The summed E-state index contributed by atoms with van der Waals surface area (Å²) < 4.78 is 162. The van der Waals surface area contributed by atoms with E-state index in [2.05, 4.69) is 17.5 Å². The molecule has 0 radical (unpaired) electrons. The summed E-state index contributed by atoms with van der Waals surface area (Å²) in [7, 11) is -8.71. The van der Waals surface area contributed by atoms with Gasteiger partial charge in [-0.25, -0.2) is 9.13 Å². The number of carbonyl (C=O) groups excluding carboxylic acids is 1. The lowest BCUT2D eigenvalue weighted by Crippen LogP contribution is -2.62. The number of ether oxygens (including phenoxy) is 13. The molecule has 123 heavy (non-hydrogen) atoms. The lowest BCUT2D eigenvalue weighted by atomic mass is 9.94. The first-order valence-electron chi connectivity index (χ1n) is 41.5. The summed E-state index contributed by atoms with van der Waals surface area (Å²) in [4.78, 5) is 12.4. The van der Waals surface area contributed by atoms with E-state index in [1.54, 1.807) is 7.05 Å². The highest BCUT2D eigenvalue weighted by molar-refractivity contribution is 7.48. The zero-order chi connectivity index (χ0) is 85.4. The standard InChI is InChI=1S/C95H109N3O23P2/c1-98-86(99)50-29-53-103-66-81-89(108-60-75-40-19-6-20-41-75)94(111-63-78-46-25-9-26-47-78)91(82(118-81)67-105-57-72-34-13-3-14-35-72)120-123(102,114-55-31-52-97)116-70-85-90(109-61-76-42-21-7-22-43-76)95(112-64-79-48-27-10-28-49-79)92(83(119-85)68-106-58-73-36-15-4-16-37-73)121-122(101,113-54-30-51-96)115-69-84-88(107-59-74-38-17-5-18-39-74)93(110-62-77-44-23-8-24-45-77)87(100)80(117-84)65-104-56-71-32-11-2-12-33-71/h2-28,32-49,80-85,87-95,100H,29-31,50,53-70H2,1H3,(H,98,99)/t80-,81+,82-,83-,84+,85+,87?,88?,89?,90?,91?,92?,93?,94?,95?,122?,123?/m1/s1. The van der Waals surface area contributed by atoms with Crippen LogP contribution in [0.3, 0.4) is 0 Å². The molecule has 3 aliphatic heterocycles. The van der Waals surface area contributed by atoms with Gasteiger partial charge in [-0.1, -0.05) is 273 Å². The fourth-order valence-corrected chi connectivity index (χ4v) is 17.1. The molecule has 9 aromatic rings. The largest absolute Gasteiger partial charge is 0.475 e. The van der Waals surface area contributed by atoms with Gasteiger partial charge in [-0.15, -0.1) is 0 Å². The van der Waals surface area contributed by atoms with Crippen LogP contribution in [0.5, 0.6) is 0 Å². The van der Waals surface area contributed by atoms with Crippen molar-refractivity contribution in [2.75, 3.05) is 66.5 Å². The number of nitrogens with one attached hydrogen (secondary N) is 1. The highest BCUT2D eigenvalue weighted by Gasteiger charge is 2.56. The normalized spacial score (nSPS) is 23.7. The second kappa shape index (κ2) is 50.9. The number of benzene rings is 9. The molecule has 2 N–H and O–H groups in total. The first-order chi connectivity index (χ1) is 60.4. The molecule has 17 atom stereocenters. The number of amides is 1. The lowest BCUT2D eigenvalue weighted by molar-refractivity contribution is -0.270. The molecule has 3 fully saturated rings. The molecule has 0 spiro atoms. The molecule has 28 heteroatoms. The number of hydrogen-bond donors (Lipinski definition) is 2. The lowest BCUT2D eigenvalue weighted by Gasteiger charge is -2.47. The van der Waals surface area contributed by atoms with Crippen molar-refractivity contribution in [2.24, 2.45) is 0 Å². The number of phosphoric acid groups is 2. The predicted molar refractivity (Wildman–Crippen MR) is 454 cm³/mol. The van der Waals surface area contributed by atoms with E-state index in [9.17, 15) is 20.4 Å². The van der Waals surface area contributed by atoms with Gasteiger partial charge in [-0.3, -0.25) is 31.9 Å². The number of phosphoric ester groups is 2. The maximum atomic E-state index is 16.7. The van der Waals surface area contributed by atoms with Crippen LogP contribution in [-0.2, 0) is 162 Å². The Balaban J connectivity index is 0.922. The third-order valence-electron chi connectivity index (χ3n) is 20.6. The van der Waals surface area contributed by atoms with Gasteiger partial charge in [-0.2, -0.15) is 10.5 Å². The van der Waals surface area contributed by atoms with Crippen LogP contribution in [0.4, 0.5) is 0 Å². The molecule has 3 saturated heterocycles. The average molecular weight is 1720 g/mol. The van der Waals surface area contributed by atoms with Crippen LogP contribution >= 0.6 is 15.6 Å². The summed E-state index contributed by atoms with van der Waals surface area (Å²) in [5, 5.41) is 35.5. The molecule has 0 aromatic heterocycles. The Kier molecular flexibility index (Phi) is 38.6. The van der Waals surface area contributed by atoms with Crippen molar-refractivity contribution in [1.82, 2.24) is 5.32 Å². The number of hydrogen-bond acceptors (Lipinski definition) is 25. The van der Waals surface area contributed by atoms with E-state index >= 15 is 9.13 Å². The Morgan fingerprint density at radius 3 is 0.886 bits per heavy atom. The number of nitriles is 2.